The molecule has 0 aliphatic heterocycles. The summed E-state index contributed by atoms with van der Waals surface area (Å²) < 4.78 is 5.39. The van der Waals surface area contributed by atoms with E-state index < -0.39 is 0 Å². The zero-order chi connectivity index (χ0) is 11.1. The molecule has 3 heteroatoms. The molecular weight excluding hydrogens is 188 g/mol. The number of hydrogen-bond acceptors (Lipinski definition) is 3. The fourth-order valence-electron chi connectivity index (χ4n) is 1.29. The van der Waals surface area contributed by atoms with Gasteiger partial charge in [-0.15, -0.1) is 6.58 Å². The Kier molecular flexibility index (Phi) is 4.54. The summed E-state index contributed by atoms with van der Waals surface area (Å²) in [5.74, 6) is 0.804. The third-order valence-corrected chi connectivity index (χ3v) is 1.92. The van der Waals surface area contributed by atoms with Gasteiger partial charge in [0, 0.05) is 30.1 Å². The lowest BCUT2D eigenvalue weighted by molar-refractivity contribution is 0.340. The van der Waals surface area contributed by atoms with Gasteiger partial charge in [-0.05, 0) is 19.4 Å². The molecule has 0 spiro atoms. The van der Waals surface area contributed by atoms with Gasteiger partial charge in [0.15, 0.2) is 0 Å². The van der Waals surface area contributed by atoms with Crippen molar-refractivity contribution < 1.29 is 4.74 Å². The molecule has 0 saturated heterocycles. The Balaban J connectivity index is 2.65. The third kappa shape index (κ3) is 3.94. The number of hydrogen-bond donors (Lipinski definition) is 2. The molecule has 0 unspecified atom stereocenters. The molecule has 1 aromatic carbocycles. The number of nitrogens with one attached hydrogen (secondary N) is 1. The molecule has 3 nitrogen and oxygen atoms in total. The van der Waals surface area contributed by atoms with Crippen LogP contribution in [0.15, 0.2) is 30.9 Å². The number of benzene rings is 1. The van der Waals surface area contributed by atoms with Crippen LogP contribution in [0.5, 0.6) is 5.75 Å². The van der Waals surface area contributed by atoms with Gasteiger partial charge in [-0.25, -0.2) is 0 Å². The number of rotatable bonds is 6. The minimum atomic E-state index is 0.648. The van der Waals surface area contributed by atoms with Crippen molar-refractivity contribution in [3.8, 4) is 5.75 Å². The van der Waals surface area contributed by atoms with E-state index in [1.54, 1.807) is 0 Å². The van der Waals surface area contributed by atoms with Gasteiger partial charge in [0.1, 0.15) is 5.75 Å². The Hall–Kier alpha value is -1.64. The highest BCUT2D eigenvalue weighted by Crippen LogP contribution is 2.22. The first-order chi connectivity index (χ1) is 7.26. The minimum absolute atomic E-state index is 0.648. The van der Waals surface area contributed by atoms with Crippen LogP contribution in [-0.4, -0.2) is 13.2 Å². The van der Waals surface area contributed by atoms with Gasteiger partial charge in [-0.1, -0.05) is 6.08 Å². The Morgan fingerprint density at radius 1 is 1.47 bits per heavy atom. The Morgan fingerprint density at radius 3 is 2.93 bits per heavy atom. The number of nitrogen functional groups attached to an aromatic ring is 1. The summed E-state index contributed by atoms with van der Waals surface area (Å²) in [6, 6.07) is 5.66. The predicted octanol–water partition coefficient (Wildman–Crippen LogP) is 2.66. The monoisotopic (exact) mass is 206 g/mol. The van der Waals surface area contributed by atoms with E-state index in [0.29, 0.717) is 12.3 Å². The smallest absolute Gasteiger partial charge is 0.123 e. The SMILES string of the molecule is C=CCCNc1cc(N)cc(OCC)c1. The number of ether oxygens (including phenoxy) is 1. The fourth-order valence-corrected chi connectivity index (χ4v) is 1.29. The van der Waals surface area contributed by atoms with Crippen molar-refractivity contribution in [3.05, 3.63) is 30.9 Å². The lowest BCUT2D eigenvalue weighted by atomic mass is 10.2. The first-order valence-corrected chi connectivity index (χ1v) is 5.14. The van der Waals surface area contributed by atoms with Crippen molar-refractivity contribution in [2.24, 2.45) is 0 Å². The second-order valence-electron chi connectivity index (χ2n) is 3.23. The van der Waals surface area contributed by atoms with E-state index in [9.17, 15) is 0 Å². The average Bonchev–Trinajstić information content (AvgIpc) is 2.18. The van der Waals surface area contributed by atoms with Crippen LogP contribution >= 0.6 is 0 Å². The van der Waals surface area contributed by atoms with Gasteiger partial charge < -0.3 is 15.8 Å². The van der Waals surface area contributed by atoms with E-state index in [4.69, 9.17) is 10.5 Å². The molecular formula is C12H18N2O. The summed E-state index contributed by atoms with van der Waals surface area (Å²) in [4.78, 5) is 0. The van der Waals surface area contributed by atoms with E-state index in [1.807, 2.05) is 31.2 Å². The third-order valence-electron chi connectivity index (χ3n) is 1.92. The quantitative estimate of drug-likeness (QED) is 0.427. The maximum absolute atomic E-state index is 5.75. The zero-order valence-electron chi connectivity index (χ0n) is 9.12. The second-order valence-corrected chi connectivity index (χ2v) is 3.23. The standard InChI is InChI=1S/C12H18N2O/c1-3-5-6-14-11-7-10(13)8-12(9-11)15-4-2/h3,7-9,14H,1,4-6,13H2,2H3. The first kappa shape index (κ1) is 11.4. The lowest BCUT2D eigenvalue weighted by Gasteiger charge is -2.09. The summed E-state index contributed by atoms with van der Waals surface area (Å²) in [5, 5.41) is 3.25. The predicted molar refractivity (Wildman–Crippen MR) is 65.3 cm³/mol. The summed E-state index contributed by atoms with van der Waals surface area (Å²) in [6.45, 7) is 7.13. The van der Waals surface area contributed by atoms with Gasteiger partial charge in [-0.3, -0.25) is 0 Å². The summed E-state index contributed by atoms with van der Waals surface area (Å²) >= 11 is 0. The molecule has 0 atom stereocenters. The summed E-state index contributed by atoms with van der Waals surface area (Å²) in [6.07, 6.45) is 2.81. The summed E-state index contributed by atoms with van der Waals surface area (Å²) in [7, 11) is 0. The van der Waals surface area contributed by atoms with Crippen LogP contribution in [-0.2, 0) is 0 Å². The second kappa shape index (κ2) is 5.96. The average molecular weight is 206 g/mol. The van der Waals surface area contributed by atoms with Crippen molar-refractivity contribution >= 4 is 11.4 Å². The molecule has 3 N–H and O–H groups in total. The molecule has 0 saturated carbocycles. The van der Waals surface area contributed by atoms with Crippen LogP contribution in [0.1, 0.15) is 13.3 Å². The van der Waals surface area contributed by atoms with Crippen LogP contribution in [0.3, 0.4) is 0 Å². The maximum atomic E-state index is 5.75. The van der Waals surface area contributed by atoms with Gasteiger partial charge in [0.05, 0.1) is 6.61 Å². The Morgan fingerprint density at radius 2 is 2.27 bits per heavy atom. The molecule has 82 valence electrons. The molecule has 0 aromatic heterocycles. The fraction of sp³-hybridized carbons (Fsp3) is 0.333. The van der Waals surface area contributed by atoms with Crippen molar-refractivity contribution in [3.63, 3.8) is 0 Å². The van der Waals surface area contributed by atoms with Crippen LogP contribution < -0.4 is 15.8 Å². The van der Waals surface area contributed by atoms with E-state index in [-0.39, 0.29) is 0 Å². The molecule has 0 aliphatic rings. The van der Waals surface area contributed by atoms with E-state index >= 15 is 0 Å². The van der Waals surface area contributed by atoms with Crippen LogP contribution in [0.4, 0.5) is 11.4 Å². The first-order valence-electron chi connectivity index (χ1n) is 5.14. The highest BCUT2D eigenvalue weighted by Gasteiger charge is 1.98. The molecule has 1 rings (SSSR count). The topological polar surface area (TPSA) is 47.3 Å². The van der Waals surface area contributed by atoms with Crippen LogP contribution in [0, 0.1) is 0 Å². The molecule has 0 heterocycles. The molecule has 0 aliphatic carbocycles. The number of nitrogens with two attached hydrogens (primary N) is 1. The molecule has 0 fully saturated rings. The maximum Gasteiger partial charge on any atom is 0.123 e. The summed E-state index contributed by atoms with van der Waals surface area (Å²) in [5.41, 5.74) is 7.45. The van der Waals surface area contributed by atoms with Gasteiger partial charge in [0.2, 0.25) is 0 Å². The zero-order valence-corrected chi connectivity index (χ0v) is 9.12. The van der Waals surface area contributed by atoms with E-state index in [1.165, 1.54) is 0 Å². The minimum Gasteiger partial charge on any atom is -0.494 e. The van der Waals surface area contributed by atoms with Gasteiger partial charge in [0.25, 0.3) is 0 Å². The van der Waals surface area contributed by atoms with Gasteiger partial charge >= 0.3 is 0 Å². The molecule has 0 amide bonds. The van der Waals surface area contributed by atoms with Crippen LogP contribution in [0.2, 0.25) is 0 Å². The molecule has 0 radical (unpaired) electrons. The largest absolute Gasteiger partial charge is 0.494 e. The van der Waals surface area contributed by atoms with E-state index in [0.717, 1.165) is 24.4 Å². The van der Waals surface area contributed by atoms with Crippen molar-refractivity contribution in [2.75, 3.05) is 24.2 Å². The molecule has 15 heavy (non-hydrogen) atoms. The molecule has 0 bridgehead atoms. The highest BCUT2D eigenvalue weighted by molar-refractivity contribution is 5.59. The van der Waals surface area contributed by atoms with Gasteiger partial charge in [-0.2, -0.15) is 0 Å². The van der Waals surface area contributed by atoms with Crippen LogP contribution in [0.25, 0.3) is 0 Å². The Labute approximate surface area is 90.9 Å². The normalized spacial score (nSPS) is 9.67. The van der Waals surface area contributed by atoms with Crippen molar-refractivity contribution in [1.29, 1.82) is 0 Å². The Bertz CT molecular complexity index is 323. The highest BCUT2D eigenvalue weighted by atomic mass is 16.5. The lowest BCUT2D eigenvalue weighted by Crippen LogP contribution is -2.02. The van der Waals surface area contributed by atoms with Crippen molar-refractivity contribution in [1.82, 2.24) is 0 Å². The number of anilines is 2. The molecule has 1 aromatic rings. The van der Waals surface area contributed by atoms with Crippen molar-refractivity contribution in [2.45, 2.75) is 13.3 Å². The van der Waals surface area contributed by atoms with E-state index in [2.05, 4.69) is 11.9 Å².